The number of nitrogens with zero attached hydrogens (tertiary/aromatic N) is 19. The zero-order valence-corrected chi connectivity index (χ0v) is 65.5. The minimum Gasteiger partial charge on any atom is -0.375 e. The van der Waals surface area contributed by atoms with Crippen LogP contribution in [-0.4, -0.2) is 221 Å². The minimum absolute atomic E-state index is 0.254. The van der Waals surface area contributed by atoms with Crippen LogP contribution in [0.2, 0.25) is 15.1 Å². The third kappa shape index (κ3) is 16.4. The largest absolute Gasteiger partial charge is 0.375 e. The summed E-state index contributed by atoms with van der Waals surface area (Å²) >= 11 is 26.0. The van der Waals surface area contributed by atoms with Crippen LogP contribution in [0.1, 0.15) is 46.0 Å². The standard InChI is InChI=1S/C20H23ClN6S.C19H22ClN5OS.C18H19ClN6S.C18H19FN6S/c1-26-8-6-20(12-26)5-2-7-27(13-20)19-25-24-18(28-19)16-4-3-14(9-17(16)21)15-10-22-23-11-15;1-12(2)7-15-11-25(5-6-26-15)19-24-23-18(27-19)16-4-3-13(8-17(16)20)14-9-21-22-10-14;1-24-5-4-12-9-25(10-16(12)24)18-23-22-17(26-18)14-3-2-11(6-15(14)19)13-7-20-21-8-13;1-24-7-13-9-25(10-14(13)8-24)18-23-22-17(26-18)15-3-2-11(4-16(15)19)12-5-20-21-6-12/h3-4,9-11H,2,5-8,12-13H2,1H3,(H,22,23);3-4,8-10,12,15H,5-7,11H2,1-2H3,(H,21,22);2-3,6-8,12,16H,4-5,9-10H2,1H3,(H,20,21);2-6,13-14H,7-10H2,1H3,(H,20,21)/t;;12-,16+;13-,14+/m..1./s1. The number of halogens is 4. The summed E-state index contributed by atoms with van der Waals surface area (Å²) in [4.78, 5) is 16.7. The molecule has 12 aromatic rings. The van der Waals surface area contributed by atoms with E-state index in [9.17, 15) is 4.39 Å². The third-order valence-electron chi connectivity index (χ3n) is 21.5. The summed E-state index contributed by atoms with van der Waals surface area (Å²) in [5.74, 6) is 2.50. The molecule has 7 aliphatic rings. The molecule has 32 heteroatoms. The van der Waals surface area contributed by atoms with Gasteiger partial charge in [-0.1, -0.05) is 118 Å². The van der Waals surface area contributed by atoms with Crippen molar-refractivity contribution in [1.82, 2.24) is 96.3 Å². The molecule has 24 nitrogen and oxygen atoms in total. The van der Waals surface area contributed by atoms with E-state index in [0.29, 0.717) is 54.8 Å². The van der Waals surface area contributed by atoms with Crippen LogP contribution < -0.4 is 19.6 Å². The Morgan fingerprint density at radius 3 is 1.36 bits per heavy atom. The fourth-order valence-electron chi connectivity index (χ4n) is 16.1. The van der Waals surface area contributed by atoms with Crippen LogP contribution in [0.3, 0.4) is 0 Å². The van der Waals surface area contributed by atoms with E-state index in [-0.39, 0.29) is 11.9 Å². The number of H-pyrrole nitrogens is 4. The lowest BCUT2D eigenvalue weighted by Crippen LogP contribution is -2.44. The average molecular weight is 1580 g/mol. The molecule has 7 aliphatic heterocycles. The zero-order valence-electron chi connectivity index (χ0n) is 60.0. The van der Waals surface area contributed by atoms with Crippen molar-refractivity contribution < 1.29 is 9.13 Å². The molecule has 0 aliphatic carbocycles. The maximum atomic E-state index is 14.6. The Balaban J connectivity index is 0.000000109. The molecule has 0 saturated carbocycles. The van der Waals surface area contributed by atoms with Gasteiger partial charge in [0.1, 0.15) is 5.82 Å². The summed E-state index contributed by atoms with van der Waals surface area (Å²) in [5.41, 5.74) is 11.5. The molecule has 15 heterocycles. The van der Waals surface area contributed by atoms with Gasteiger partial charge in [0.15, 0.2) is 20.0 Å². The number of piperidine rings is 1. The lowest BCUT2D eigenvalue weighted by molar-refractivity contribution is 0.0275. The second-order valence-corrected chi connectivity index (χ2v) is 34.6. The third-order valence-corrected chi connectivity index (χ3v) is 26.5. The molecule has 0 bridgehead atoms. The number of rotatable bonds is 14. The summed E-state index contributed by atoms with van der Waals surface area (Å²) in [6, 6.07) is 23.9. The van der Waals surface area contributed by atoms with E-state index in [1.807, 2.05) is 73.2 Å². The number of nitrogens with one attached hydrogen (secondary N) is 4. The first-order chi connectivity index (χ1) is 52.1. The molecule has 4 N–H and O–H groups in total. The van der Waals surface area contributed by atoms with Crippen molar-refractivity contribution in [2.75, 3.05) is 132 Å². The molecule has 8 aromatic heterocycles. The van der Waals surface area contributed by atoms with E-state index in [4.69, 9.17) is 39.5 Å². The number of aromatic amines is 4. The Morgan fingerprint density at radius 1 is 0.467 bits per heavy atom. The van der Waals surface area contributed by atoms with E-state index in [0.717, 1.165) is 181 Å². The fraction of sp³-hybridized carbons (Fsp3) is 0.413. The Kier molecular flexibility index (Phi) is 21.9. The number of ether oxygens (including phenoxy) is 1. The number of benzene rings is 4. The highest BCUT2D eigenvalue weighted by Crippen LogP contribution is 2.45. The number of fused-ring (bicyclic) bond motifs is 2. The van der Waals surface area contributed by atoms with E-state index >= 15 is 0 Å². The molecule has 6 atom stereocenters. The van der Waals surface area contributed by atoms with E-state index in [2.05, 4.69) is 157 Å². The highest BCUT2D eigenvalue weighted by molar-refractivity contribution is 7.19. The van der Waals surface area contributed by atoms with Crippen molar-refractivity contribution in [1.29, 1.82) is 0 Å². The molecule has 0 radical (unpaired) electrons. The molecule has 4 aromatic carbocycles. The first-order valence-electron chi connectivity index (χ1n) is 36.3. The maximum Gasteiger partial charge on any atom is 0.208 e. The van der Waals surface area contributed by atoms with Crippen LogP contribution in [0, 0.1) is 34.9 Å². The topological polar surface area (TPSA) is 250 Å². The smallest absolute Gasteiger partial charge is 0.208 e. The summed E-state index contributed by atoms with van der Waals surface area (Å²) in [5, 5.41) is 71.4. The number of morpholine rings is 1. The molecular weight excluding hydrogens is 1490 g/mol. The highest BCUT2D eigenvalue weighted by atomic mass is 35.5. The lowest BCUT2D eigenvalue weighted by atomic mass is 9.79. The van der Waals surface area contributed by atoms with Gasteiger partial charge in [0, 0.05) is 153 Å². The van der Waals surface area contributed by atoms with E-state index in [1.165, 1.54) is 62.7 Å². The van der Waals surface area contributed by atoms with Crippen LogP contribution in [0.4, 0.5) is 24.9 Å². The lowest BCUT2D eigenvalue weighted by Gasteiger charge is -2.40. The highest BCUT2D eigenvalue weighted by Gasteiger charge is 2.43. The summed E-state index contributed by atoms with van der Waals surface area (Å²) in [7, 11) is 6.63. The second-order valence-electron chi connectivity index (χ2n) is 29.5. The van der Waals surface area contributed by atoms with Gasteiger partial charge in [0.25, 0.3) is 0 Å². The molecule has 7 saturated heterocycles. The second kappa shape index (κ2) is 32.2. The average Bonchev–Trinajstić information content (AvgIpc) is 1.64. The van der Waals surface area contributed by atoms with Gasteiger partial charge in [-0.3, -0.25) is 20.4 Å². The number of likely N-dealkylation sites (N-methyl/N-ethyl adjacent to an activating group) is 1. The van der Waals surface area contributed by atoms with E-state index in [1.54, 1.807) is 71.1 Å². The summed E-state index contributed by atoms with van der Waals surface area (Å²) in [6.07, 6.45) is 20.8. The molecule has 7 fully saturated rings. The summed E-state index contributed by atoms with van der Waals surface area (Å²) < 4.78 is 20.5. The van der Waals surface area contributed by atoms with Gasteiger partial charge in [0.2, 0.25) is 20.5 Å². The van der Waals surface area contributed by atoms with Gasteiger partial charge in [-0.05, 0) is 161 Å². The van der Waals surface area contributed by atoms with Gasteiger partial charge < -0.3 is 39.0 Å². The number of hydrogen-bond donors (Lipinski definition) is 4. The monoisotopic (exact) mass is 1570 g/mol. The predicted molar refractivity (Wildman–Crippen MR) is 428 cm³/mol. The molecule has 1 spiro atoms. The number of anilines is 4. The maximum absolute atomic E-state index is 14.6. The molecule has 556 valence electrons. The first-order valence-corrected chi connectivity index (χ1v) is 40.7. The fourth-order valence-corrected chi connectivity index (χ4v) is 20.7. The predicted octanol–water partition coefficient (Wildman–Crippen LogP) is 14.8. The van der Waals surface area contributed by atoms with Gasteiger partial charge in [-0.25, -0.2) is 4.39 Å². The minimum atomic E-state index is -0.286. The van der Waals surface area contributed by atoms with Crippen LogP contribution >= 0.6 is 80.1 Å². The van der Waals surface area contributed by atoms with Crippen LogP contribution in [0.15, 0.2) is 122 Å². The Morgan fingerprint density at radius 2 is 0.916 bits per heavy atom. The molecular formula is C75H83Cl3FN23OS4. The van der Waals surface area contributed by atoms with Gasteiger partial charge in [0.05, 0.1) is 52.6 Å². The van der Waals surface area contributed by atoms with Gasteiger partial charge >= 0.3 is 0 Å². The zero-order chi connectivity index (χ0) is 73.3. The van der Waals surface area contributed by atoms with Gasteiger partial charge in [-0.2, -0.15) is 20.4 Å². The molecule has 107 heavy (non-hydrogen) atoms. The van der Waals surface area contributed by atoms with Gasteiger partial charge in [-0.15, -0.1) is 40.8 Å². The van der Waals surface area contributed by atoms with Crippen molar-refractivity contribution in [2.24, 2.45) is 29.1 Å². The van der Waals surface area contributed by atoms with Crippen LogP contribution in [0.25, 0.3) is 86.8 Å². The Hall–Kier alpha value is -8.20. The Labute approximate surface area is 651 Å². The van der Waals surface area contributed by atoms with Crippen molar-refractivity contribution in [3.05, 3.63) is 143 Å². The number of hydrogen-bond acceptors (Lipinski definition) is 24. The van der Waals surface area contributed by atoms with Crippen LogP contribution in [0.5, 0.6) is 0 Å². The van der Waals surface area contributed by atoms with Crippen molar-refractivity contribution >= 4 is 101 Å². The van der Waals surface area contributed by atoms with Crippen molar-refractivity contribution in [2.45, 2.75) is 58.1 Å². The van der Waals surface area contributed by atoms with Crippen molar-refractivity contribution in [3.8, 4) is 86.8 Å². The quantitative estimate of drug-likeness (QED) is 0.0790. The number of aromatic nitrogens is 16. The SMILES string of the molecule is CC(C)CC1CN(c2nnc(-c3ccc(-c4cn[nH]c4)cc3Cl)s2)CCO1.CN1CCC2(CCCN(c3nnc(-c4ccc(-c5cn[nH]c5)cc4Cl)s3)C2)C1.CN1CC[C@@H]2CN(c3nnc(-c4ccc(-c5cn[nH]c5)cc4Cl)s3)C[C@@H]21.CN1C[C@@H]2CN(c3nnc(-c4ccc(-c5cn[nH]c5)cc4F)s3)C[C@@H]2C1. The first kappa shape index (κ1) is 73.0. The molecule has 2 unspecified atom stereocenters. The van der Waals surface area contributed by atoms with Crippen LogP contribution in [-0.2, 0) is 4.74 Å². The van der Waals surface area contributed by atoms with Crippen molar-refractivity contribution in [3.63, 3.8) is 0 Å². The number of likely N-dealkylation sites (tertiary alicyclic amines) is 3. The van der Waals surface area contributed by atoms with E-state index < -0.39 is 0 Å². The Bertz CT molecular complexity index is 4920. The summed E-state index contributed by atoms with van der Waals surface area (Å²) in [6.45, 7) is 19.1. The molecule has 0 amide bonds. The normalized spacial score (nSPS) is 21.6. The molecule has 19 rings (SSSR count).